The first-order valence-electron chi connectivity index (χ1n) is 14.4. The first kappa shape index (κ1) is 34.1. The van der Waals surface area contributed by atoms with Crippen molar-refractivity contribution in [2.45, 2.75) is 78.7 Å². The number of hydrogen-bond acceptors (Lipinski definition) is 5. The van der Waals surface area contributed by atoms with Gasteiger partial charge in [-0.1, -0.05) is 90.1 Å². The molecule has 42 heavy (non-hydrogen) atoms. The molecule has 0 fully saturated rings. The number of rotatable bonds is 10. The number of aliphatic carboxylic acids is 1. The van der Waals surface area contributed by atoms with E-state index in [0.717, 1.165) is 5.56 Å². The number of nitrogens with one attached hydrogen (secondary N) is 4. The first-order valence-corrected chi connectivity index (χ1v) is 14.4. The van der Waals surface area contributed by atoms with Crippen molar-refractivity contribution in [2.75, 3.05) is 6.54 Å². The number of nitrogens with zero attached hydrogens (tertiary/aromatic N) is 1. The van der Waals surface area contributed by atoms with Crippen LogP contribution >= 0.6 is 0 Å². The van der Waals surface area contributed by atoms with Crippen molar-refractivity contribution in [3.8, 4) is 0 Å². The summed E-state index contributed by atoms with van der Waals surface area (Å²) in [4.78, 5) is 66.2. The van der Waals surface area contributed by atoms with Gasteiger partial charge in [-0.3, -0.25) is 14.4 Å². The molecule has 0 saturated heterocycles. The minimum Gasteiger partial charge on any atom is -0.480 e. The van der Waals surface area contributed by atoms with Gasteiger partial charge in [0, 0.05) is 25.2 Å². The molecule has 5 amide bonds. The highest BCUT2D eigenvalue weighted by atomic mass is 16.4. The van der Waals surface area contributed by atoms with Crippen LogP contribution in [0.4, 0.5) is 4.79 Å². The second-order valence-corrected chi connectivity index (χ2v) is 11.4. The smallest absolute Gasteiger partial charge is 0.326 e. The van der Waals surface area contributed by atoms with E-state index >= 15 is 0 Å². The fourth-order valence-corrected chi connectivity index (χ4v) is 4.40. The molecule has 4 atom stereocenters. The van der Waals surface area contributed by atoms with E-state index < -0.39 is 48.0 Å². The van der Waals surface area contributed by atoms with Crippen molar-refractivity contribution >= 4 is 29.7 Å². The van der Waals surface area contributed by atoms with Crippen LogP contribution in [0.15, 0.2) is 54.6 Å². The lowest BCUT2D eigenvalue weighted by molar-refractivity contribution is -0.142. The zero-order valence-electron chi connectivity index (χ0n) is 25.3. The topological polar surface area (TPSA) is 157 Å². The summed E-state index contributed by atoms with van der Waals surface area (Å²) in [5.74, 6) is -3.18. The van der Waals surface area contributed by atoms with Crippen LogP contribution in [0.25, 0.3) is 0 Å². The molecule has 0 spiro atoms. The van der Waals surface area contributed by atoms with Gasteiger partial charge in [-0.25, -0.2) is 9.59 Å². The van der Waals surface area contributed by atoms with Crippen LogP contribution in [0.5, 0.6) is 0 Å². The third kappa shape index (κ3) is 10.4. The lowest BCUT2D eigenvalue weighted by Gasteiger charge is -2.35. The number of carbonyl (C=O) groups excluding carboxylic acids is 4. The highest BCUT2D eigenvalue weighted by Gasteiger charge is 2.36. The minimum atomic E-state index is -1.18. The number of amides is 5. The van der Waals surface area contributed by atoms with Gasteiger partial charge in [0.05, 0.1) is 0 Å². The third-order valence-corrected chi connectivity index (χ3v) is 6.93. The molecule has 0 bridgehead atoms. The molecule has 11 heteroatoms. The van der Waals surface area contributed by atoms with E-state index in [1.807, 2.05) is 44.2 Å². The van der Waals surface area contributed by atoms with Crippen molar-refractivity contribution in [3.05, 3.63) is 60.2 Å². The molecule has 5 N–H and O–H groups in total. The fourth-order valence-electron chi connectivity index (χ4n) is 4.40. The second kappa shape index (κ2) is 16.3. The van der Waals surface area contributed by atoms with Crippen LogP contribution in [-0.4, -0.2) is 70.4 Å². The van der Waals surface area contributed by atoms with Gasteiger partial charge >= 0.3 is 12.0 Å². The summed E-state index contributed by atoms with van der Waals surface area (Å²) in [7, 11) is 0. The summed E-state index contributed by atoms with van der Waals surface area (Å²) >= 11 is 0. The zero-order valence-corrected chi connectivity index (χ0v) is 25.3. The number of benzene rings is 1. The van der Waals surface area contributed by atoms with Crippen molar-refractivity contribution in [1.29, 1.82) is 0 Å². The van der Waals surface area contributed by atoms with Gasteiger partial charge in [0.2, 0.25) is 17.7 Å². The summed E-state index contributed by atoms with van der Waals surface area (Å²) in [5.41, 5.74) is 0.781. The molecule has 230 valence electrons. The Morgan fingerprint density at radius 2 is 1.57 bits per heavy atom. The molecule has 1 aliphatic heterocycles. The second-order valence-electron chi connectivity index (χ2n) is 11.4. The van der Waals surface area contributed by atoms with Crippen LogP contribution < -0.4 is 21.3 Å². The van der Waals surface area contributed by atoms with E-state index in [0.29, 0.717) is 13.0 Å². The Labute approximate surface area is 248 Å². The van der Waals surface area contributed by atoms with Crippen molar-refractivity contribution in [1.82, 2.24) is 26.2 Å². The summed E-state index contributed by atoms with van der Waals surface area (Å²) in [6.07, 6.45) is 6.86. The standard InChI is InChI=1S/C31H45N5O6/c1-19(2)23-15-16-25(37)32-17-11-10-14-24(28(38)33-23)36(18-22-12-8-7-9-13-22)29(39)26(20(3)4)34-31(42)35-27(21(5)6)30(40)41/h7-10,12-16,19-21,23-24,26-27H,11,17-18H2,1-6H3,(H,32,37)(H,33,38)(H,40,41)(H2,34,35,42)/b14-10+,16-15+. The Hall–Kier alpha value is -4.15. The molecule has 11 nitrogen and oxygen atoms in total. The molecule has 0 aliphatic carbocycles. The average molecular weight is 584 g/mol. The number of carbonyl (C=O) groups is 5. The molecule has 2 rings (SSSR count). The lowest BCUT2D eigenvalue weighted by Crippen LogP contribution is -2.59. The van der Waals surface area contributed by atoms with Gasteiger partial charge in [-0.2, -0.15) is 0 Å². The maximum Gasteiger partial charge on any atom is 0.326 e. The molecule has 1 heterocycles. The van der Waals surface area contributed by atoms with Crippen LogP contribution in [0.2, 0.25) is 0 Å². The van der Waals surface area contributed by atoms with Gasteiger partial charge in [-0.05, 0) is 29.7 Å². The molecule has 0 saturated carbocycles. The van der Waals surface area contributed by atoms with Gasteiger partial charge in [-0.15, -0.1) is 0 Å². The average Bonchev–Trinajstić information content (AvgIpc) is 2.92. The van der Waals surface area contributed by atoms with E-state index in [1.54, 1.807) is 45.9 Å². The van der Waals surface area contributed by atoms with Crippen LogP contribution in [-0.2, 0) is 25.7 Å². The van der Waals surface area contributed by atoms with Gasteiger partial charge in [0.25, 0.3) is 0 Å². The van der Waals surface area contributed by atoms with Gasteiger partial charge < -0.3 is 31.3 Å². The SMILES string of the molecule is CC(C)C1/C=C/C(=O)NCC/C=C/C(N(Cc2ccccc2)C(=O)C(NC(=O)NC(C(=O)O)C(C)C)C(C)C)C(=O)N1. The molecule has 4 unspecified atom stereocenters. The maximum absolute atomic E-state index is 14.2. The Morgan fingerprint density at radius 3 is 2.14 bits per heavy atom. The number of hydrogen-bond donors (Lipinski definition) is 5. The van der Waals surface area contributed by atoms with E-state index in [4.69, 9.17) is 0 Å². The molecular formula is C31H45N5O6. The molecule has 1 aromatic carbocycles. The molecule has 1 aromatic rings. The van der Waals surface area contributed by atoms with Crippen molar-refractivity contribution in [2.24, 2.45) is 17.8 Å². The minimum absolute atomic E-state index is 0.0410. The van der Waals surface area contributed by atoms with E-state index in [1.165, 1.54) is 11.0 Å². The van der Waals surface area contributed by atoms with E-state index in [9.17, 15) is 29.1 Å². The number of carboxylic acids is 1. The quantitative estimate of drug-likeness (QED) is 0.267. The Morgan fingerprint density at radius 1 is 0.952 bits per heavy atom. The maximum atomic E-state index is 14.2. The van der Waals surface area contributed by atoms with Gasteiger partial charge in [0.1, 0.15) is 18.1 Å². The summed E-state index contributed by atoms with van der Waals surface area (Å²) in [5, 5.41) is 20.4. The molecule has 0 aromatic heterocycles. The van der Waals surface area contributed by atoms with Crippen LogP contribution in [0.1, 0.15) is 53.5 Å². The van der Waals surface area contributed by atoms with Crippen LogP contribution in [0.3, 0.4) is 0 Å². The first-order chi connectivity index (χ1) is 19.8. The third-order valence-electron chi connectivity index (χ3n) is 6.93. The highest BCUT2D eigenvalue weighted by Crippen LogP contribution is 2.17. The molecular weight excluding hydrogens is 538 g/mol. The predicted octanol–water partition coefficient (Wildman–Crippen LogP) is 2.59. The Kier molecular flexibility index (Phi) is 13.2. The van der Waals surface area contributed by atoms with Crippen LogP contribution in [0, 0.1) is 17.8 Å². The normalized spacial score (nSPS) is 20.8. The monoisotopic (exact) mass is 583 g/mol. The summed E-state index contributed by atoms with van der Waals surface area (Å²) in [6, 6.07) is 4.71. The summed E-state index contributed by atoms with van der Waals surface area (Å²) < 4.78 is 0. The van der Waals surface area contributed by atoms with Crippen molar-refractivity contribution in [3.63, 3.8) is 0 Å². The zero-order chi connectivity index (χ0) is 31.4. The fraction of sp³-hybridized carbons (Fsp3) is 0.516. The predicted molar refractivity (Wildman–Crippen MR) is 160 cm³/mol. The van der Waals surface area contributed by atoms with Crippen molar-refractivity contribution < 1.29 is 29.1 Å². The molecule has 1 aliphatic rings. The Balaban J connectivity index is 2.49. The summed E-state index contributed by atoms with van der Waals surface area (Å²) in [6.45, 7) is 11.1. The largest absolute Gasteiger partial charge is 0.480 e. The van der Waals surface area contributed by atoms with E-state index in [-0.39, 0.29) is 30.2 Å². The number of urea groups is 1. The van der Waals surface area contributed by atoms with E-state index in [2.05, 4.69) is 21.3 Å². The lowest BCUT2D eigenvalue weighted by atomic mass is 9.99. The number of carboxylic acid groups (broad SMARTS) is 1. The Bertz CT molecular complexity index is 1150. The highest BCUT2D eigenvalue weighted by molar-refractivity contribution is 5.94. The van der Waals surface area contributed by atoms with Gasteiger partial charge in [0.15, 0.2) is 0 Å². The molecule has 0 radical (unpaired) electrons.